The second-order valence-electron chi connectivity index (χ2n) is 4.52. The highest BCUT2D eigenvalue weighted by Crippen LogP contribution is 2.44. The van der Waals surface area contributed by atoms with Crippen molar-refractivity contribution in [2.75, 3.05) is 6.54 Å². The highest BCUT2D eigenvalue weighted by atomic mass is 35.5. The van der Waals surface area contributed by atoms with E-state index in [1.807, 2.05) is 0 Å². The van der Waals surface area contributed by atoms with Gasteiger partial charge in [-0.15, -0.1) is 24.8 Å². The van der Waals surface area contributed by atoms with Crippen LogP contribution in [0.25, 0.3) is 0 Å². The van der Waals surface area contributed by atoms with Crippen LogP contribution in [0.1, 0.15) is 32.1 Å². The van der Waals surface area contributed by atoms with E-state index in [1.54, 1.807) is 0 Å². The van der Waals surface area contributed by atoms with Crippen molar-refractivity contribution in [1.29, 1.82) is 0 Å². The van der Waals surface area contributed by atoms with Crippen molar-refractivity contribution in [1.82, 2.24) is 0 Å². The molecule has 0 radical (unpaired) electrons. The molecule has 0 aliphatic heterocycles. The fraction of sp³-hybridized carbons (Fsp3) is 1.00. The standard InChI is InChI=1S/C9H18N2.2ClH/c10-6-9(11)4-7-1-2-8(3-7)5-9;;/h7-8H,1-6,10-11H2;2*1H/t7-,8+,9+;;. The van der Waals surface area contributed by atoms with Gasteiger partial charge in [-0.25, -0.2) is 0 Å². The summed E-state index contributed by atoms with van der Waals surface area (Å²) in [6.07, 6.45) is 6.60. The summed E-state index contributed by atoms with van der Waals surface area (Å²) in [7, 11) is 0. The third-order valence-electron chi connectivity index (χ3n) is 3.45. The van der Waals surface area contributed by atoms with Crippen LogP contribution in [0.15, 0.2) is 0 Å². The molecule has 0 heterocycles. The molecule has 2 bridgehead atoms. The number of hydrogen-bond acceptors (Lipinski definition) is 2. The van der Waals surface area contributed by atoms with Crippen molar-refractivity contribution in [3.05, 3.63) is 0 Å². The lowest BCUT2D eigenvalue weighted by Gasteiger charge is -2.36. The third kappa shape index (κ3) is 2.72. The molecule has 0 amide bonds. The fourth-order valence-electron chi connectivity index (χ4n) is 2.95. The normalized spacial score (nSPS) is 42.0. The Labute approximate surface area is 92.6 Å². The molecule has 0 saturated heterocycles. The van der Waals surface area contributed by atoms with E-state index in [1.165, 1.54) is 32.1 Å². The number of halogens is 2. The molecule has 0 unspecified atom stereocenters. The smallest absolute Gasteiger partial charge is 0.0283 e. The van der Waals surface area contributed by atoms with E-state index in [9.17, 15) is 0 Å². The minimum Gasteiger partial charge on any atom is -0.329 e. The van der Waals surface area contributed by atoms with E-state index < -0.39 is 0 Å². The van der Waals surface area contributed by atoms with Gasteiger partial charge in [0.15, 0.2) is 0 Å². The Morgan fingerprint density at radius 1 is 1.08 bits per heavy atom. The van der Waals surface area contributed by atoms with E-state index in [0.717, 1.165) is 11.8 Å². The first-order chi connectivity index (χ1) is 5.22. The summed E-state index contributed by atoms with van der Waals surface area (Å²) < 4.78 is 0. The topological polar surface area (TPSA) is 52.0 Å². The van der Waals surface area contributed by atoms with E-state index >= 15 is 0 Å². The summed E-state index contributed by atoms with van der Waals surface area (Å²) in [5, 5.41) is 0. The molecule has 4 N–H and O–H groups in total. The van der Waals surface area contributed by atoms with Gasteiger partial charge in [-0.3, -0.25) is 0 Å². The van der Waals surface area contributed by atoms with Gasteiger partial charge in [0, 0.05) is 12.1 Å². The van der Waals surface area contributed by atoms with Gasteiger partial charge in [0.05, 0.1) is 0 Å². The van der Waals surface area contributed by atoms with Crippen molar-refractivity contribution in [3.63, 3.8) is 0 Å². The van der Waals surface area contributed by atoms with E-state index in [-0.39, 0.29) is 30.4 Å². The zero-order valence-electron chi connectivity index (χ0n) is 7.87. The Balaban J connectivity index is 0.000000720. The monoisotopic (exact) mass is 226 g/mol. The van der Waals surface area contributed by atoms with Crippen molar-refractivity contribution in [2.45, 2.75) is 37.6 Å². The summed E-state index contributed by atoms with van der Waals surface area (Å²) in [5.41, 5.74) is 11.8. The van der Waals surface area contributed by atoms with Crippen molar-refractivity contribution in [2.24, 2.45) is 23.3 Å². The molecule has 13 heavy (non-hydrogen) atoms. The average Bonchev–Trinajstić information content (AvgIpc) is 2.31. The molecule has 2 nitrogen and oxygen atoms in total. The number of nitrogens with two attached hydrogens (primary N) is 2. The predicted molar refractivity (Wildman–Crippen MR) is 60.5 cm³/mol. The van der Waals surface area contributed by atoms with Gasteiger partial charge in [-0.1, -0.05) is 12.8 Å². The Morgan fingerprint density at radius 3 is 1.92 bits per heavy atom. The van der Waals surface area contributed by atoms with E-state index in [2.05, 4.69) is 0 Å². The molecule has 0 aromatic carbocycles. The SMILES string of the molecule is Cl.Cl.NC[C@]1(N)C[C@@H]2CC[C@@H](C2)C1. The van der Waals surface area contributed by atoms with Crippen LogP contribution in [0.5, 0.6) is 0 Å². The lowest BCUT2D eigenvalue weighted by Crippen LogP contribution is -2.50. The molecular weight excluding hydrogens is 207 g/mol. The molecule has 2 fully saturated rings. The molecule has 2 aliphatic carbocycles. The molecule has 2 aliphatic rings. The van der Waals surface area contributed by atoms with Gasteiger partial charge in [0.25, 0.3) is 0 Å². The highest BCUT2D eigenvalue weighted by molar-refractivity contribution is 5.85. The maximum Gasteiger partial charge on any atom is 0.0283 e. The largest absolute Gasteiger partial charge is 0.329 e. The predicted octanol–water partition coefficient (Wildman–Crippen LogP) is 1.70. The lowest BCUT2D eigenvalue weighted by atomic mass is 9.76. The van der Waals surface area contributed by atoms with Gasteiger partial charge < -0.3 is 11.5 Å². The molecule has 0 aromatic rings. The fourth-order valence-corrected chi connectivity index (χ4v) is 2.95. The minimum atomic E-state index is 0. The maximum absolute atomic E-state index is 6.15. The first-order valence-corrected chi connectivity index (χ1v) is 4.71. The molecule has 4 heteroatoms. The Kier molecular flexibility index (Phi) is 5.02. The summed E-state index contributed by atoms with van der Waals surface area (Å²) >= 11 is 0. The van der Waals surface area contributed by atoms with Crippen LogP contribution in [0.4, 0.5) is 0 Å². The summed E-state index contributed by atoms with van der Waals surface area (Å²) in [5.74, 6) is 1.81. The zero-order chi connectivity index (χ0) is 7.90. The van der Waals surface area contributed by atoms with Gasteiger partial charge in [0.1, 0.15) is 0 Å². The molecule has 80 valence electrons. The third-order valence-corrected chi connectivity index (χ3v) is 3.45. The summed E-state index contributed by atoms with van der Waals surface area (Å²) in [6, 6.07) is 0. The molecular formula is C9H20Cl2N2. The Hall–Kier alpha value is 0.500. The highest BCUT2D eigenvalue weighted by Gasteiger charge is 2.40. The van der Waals surface area contributed by atoms with Gasteiger partial charge in [-0.2, -0.15) is 0 Å². The van der Waals surface area contributed by atoms with Gasteiger partial charge >= 0.3 is 0 Å². The van der Waals surface area contributed by atoms with Crippen LogP contribution in [0.3, 0.4) is 0 Å². The van der Waals surface area contributed by atoms with Crippen LogP contribution in [-0.4, -0.2) is 12.1 Å². The number of fused-ring (bicyclic) bond motifs is 2. The second kappa shape index (κ2) is 4.83. The van der Waals surface area contributed by atoms with Crippen molar-refractivity contribution in [3.8, 4) is 0 Å². The Morgan fingerprint density at radius 2 is 1.54 bits per heavy atom. The molecule has 3 atom stereocenters. The minimum absolute atomic E-state index is 0. The average molecular weight is 227 g/mol. The quantitative estimate of drug-likeness (QED) is 0.716. The van der Waals surface area contributed by atoms with Gasteiger partial charge in [0.2, 0.25) is 0 Å². The summed E-state index contributed by atoms with van der Waals surface area (Å²) in [6.45, 7) is 0.681. The van der Waals surface area contributed by atoms with Crippen LogP contribution in [-0.2, 0) is 0 Å². The summed E-state index contributed by atoms with van der Waals surface area (Å²) in [4.78, 5) is 0. The second-order valence-corrected chi connectivity index (χ2v) is 4.52. The Bertz CT molecular complexity index is 152. The molecule has 0 spiro atoms. The van der Waals surface area contributed by atoms with E-state index in [0.29, 0.717) is 6.54 Å². The van der Waals surface area contributed by atoms with E-state index in [4.69, 9.17) is 11.5 Å². The number of hydrogen-bond donors (Lipinski definition) is 2. The number of rotatable bonds is 1. The first-order valence-electron chi connectivity index (χ1n) is 4.71. The lowest BCUT2D eigenvalue weighted by molar-refractivity contribution is 0.224. The van der Waals surface area contributed by atoms with Crippen LogP contribution < -0.4 is 11.5 Å². The zero-order valence-corrected chi connectivity index (χ0v) is 9.50. The molecule has 2 saturated carbocycles. The maximum atomic E-state index is 6.15. The van der Waals surface area contributed by atoms with Crippen molar-refractivity contribution < 1.29 is 0 Å². The van der Waals surface area contributed by atoms with Crippen LogP contribution >= 0.6 is 24.8 Å². The molecule has 0 aromatic heterocycles. The molecule has 2 rings (SSSR count). The van der Waals surface area contributed by atoms with Gasteiger partial charge in [-0.05, 0) is 31.1 Å². The van der Waals surface area contributed by atoms with Crippen LogP contribution in [0, 0.1) is 11.8 Å². The van der Waals surface area contributed by atoms with Crippen molar-refractivity contribution >= 4 is 24.8 Å². The first kappa shape index (κ1) is 13.5. The van der Waals surface area contributed by atoms with Crippen LogP contribution in [0.2, 0.25) is 0 Å².